The fraction of sp³-hybridized carbons (Fsp3) is 0.167. The third kappa shape index (κ3) is 2.90. The third-order valence-corrected chi connectivity index (χ3v) is 5.63. The molecule has 1 aliphatic heterocycles. The van der Waals surface area contributed by atoms with Gasteiger partial charge in [-0.05, 0) is 42.7 Å². The Labute approximate surface area is 182 Å². The average Bonchev–Trinajstić information content (AvgIpc) is 3.21. The van der Waals surface area contributed by atoms with Crippen molar-refractivity contribution in [2.45, 2.75) is 26.7 Å². The van der Waals surface area contributed by atoms with Crippen molar-refractivity contribution in [2.75, 3.05) is 4.90 Å². The number of imide groups is 1. The van der Waals surface area contributed by atoms with E-state index in [0.717, 1.165) is 28.7 Å². The number of carbonyl (C=O) groups excluding carboxylic acids is 2. The standard InChI is InChI=1S/C24H18F2N4O2/c1-12(2)14-4-6-17(7-5-14)29-23(31)19-11-27-22-20(21(19)24(29)32)13(3)28-30(22)18-9-15(25)8-16(26)10-18/h4-12H,1-3H3. The van der Waals surface area contributed by atoms with Gasteiger partial charge < -0.3 is 0 Å². The number of carbonyl (C=O) groups is 2. The minimum Gasteiger partial charge on any atom is -0.268 e. The van der Waals surface area contributed by atoms with E-state index in [0.29, 0.717) is 22.7 Å². The van der Waals surface area contributed by atoms with Gasteiger partial charge in [-0.15, -0.1) is 0 Å². The van der Waals surface area contributed by atoms with Crippen molar-refractivity contribution >= 4 is 28.5 Å². The van der Waals surface area contributed by atoms with Gasteiger partial charge >= 0.3 is 0 Å². The summed E-state index contributed by atoms with van der Waals surface area (Å²) in [5.74, 6) is -2.16. The summed E-state index contributed by atoms with van der Waals surface area (Å²) in [7, 11) is 0. The molecule has 32 heavy (non-hydrogen) atoms. The van der Waals surface area contributed by atoms with Gasteiger partial charge in [-0.1, -0.05) is 26.0 Å². The zero-order valence-electron chi connectivity index (χ0n) is 17.6. The Morgan fingerprint density at radius 3 is 2.19 bits per heavy atom. The number of hydrogen-bond acceptors (Lipinski definition) is 4. The smallest absolute Gasteiger partial charge is 0.267 e. The van der Waals surface area contributed by atoms with Gasteiger partial charge in [0, 0.05) is 12.3 Å². The maximum atomic E-state index is 13.8. The Kier molecular flexibility index (Phi) is 4.40. The molecule has 0 spiro atoms. The topological polar surface area (TPSA) is 68.1 Å². The van der Waals surface area contributed by atoms with E-state index in [2.05, 4.69) is 23.9 Å². The van der Waals surface area contributed by atoms with Crippen LogP contribution >= 0.6 is 0 Å². The summed E-state index contributed by atoms with van der Waals surface area (Å²) in [6.45, 7) is 5.78. The number of benzene rings is 2. The van der Waals surface area contributed by atoms with Crippen molar-refractivity contribution in [2.24, 2.45) is 0 Å². The van der Waals surface area contributed by atoms with E-state index in [1.54, 1.807) is 19.1 Å². The van der Waals surface area contributed by atoms with Crippen molar-refractivity contribution < 1.29 is 18.4 Å². The zero-order chi connectivity index (χ0) is 22.7. The molecule has 160 valence electrons. The molecule has 0 fully saturated rings. The molecule has 0 saturated heterocycles. The summed E-state index contributed by atoms with van der Waals surface area (Å²) in [6.07, 6.45) is 1.31. The van der Waals surface area contributed by atoms with Crippen LogP contribution in [-0.2, 0) is 0 Å². The SMILES string of the molecule is Cc1nn(-c2cc(F)cc(F)c2)c2ncc3c(c12)C(=O)N(c1ccc(C(C)C)cc1)C3=O. The molecule has 2 amide bonds. The monoisotopic (exact) mass is 432 g/mol. The summed E-state index contributed by atoms with van der Waals surface area (Å²) < 4.78 is 28.8. The Hall–Kier alpha value is -3.94. The van der Waals surface area contributed by atoms with Gasteiger partial charge in [0.15, 0.2) is 5.65 Å². The van der Waals surface area contributed by atoms with E-state index in [9.17, 15) is 18.4 Å². The van der Waals surface area contributed by atoms with E-state index < -0.39 is 23.4 Å². The average molecular weight is 432 g/mol. The van der Waals surface area contributed by atoms with Crippen LogP contribution < -0.4 is 4.90 Å². The van der Waals surface area contributed by atoms with E-state index in [1.807, 2.05) is 12.1 Å². The molecule has 4 aromatic rings. The molecule has 0 saturated carbocycles. The second kappa shape index (κ2) is 7.05. The summed E-state index contributed by atoms with van der Waals surface area (Å²) in [5.41, 5.74) is 2.71. The fourth-order valence-electron chi connectivity index (χ4n) is 4.05. The first-order valence-electron chi connectivity index (χ1n) is 10.1. The van der Waals surface area contributed by atoms with Gasteiger partial charge in [0.1, 0.15) is 11.6 Å². The van der Waals surface area contributed by atoms with E-state index in [-0.39, 0.29) is 22.5 Å². The molecule has 8 heteroatoms. The quantitative estimate of drug-likeness (QED) is 0.431. The van der Waals surface area contributed by atoms with Crippen LogP contribution in [0.15, 0.2) is 48.7 Å². The van der Waals surface area contributed by atoms with Crippen molar-refractivity contribution in [3.63, 3.8) is 0 Å². The van der Waals surface area contributed by atoms with Gasteiger partial charge in [-0.25, -0.2) is 23.3 Å². The normalized spacial score (nSPS) is 13.5. The Balaban J connectivity index is 1.66. The van der Waals surface area contributed by atoms with E-state index >= 15 is 0 Å². The molecule has 0 bridgehead atoms. The van der Waals surface area contributed by atoms with Crippen LogP contribution in [0.5, 0.6) is 0 Å². The first-order valence-corrected chi connectivity index (χ1v) is 10.1. The predicted molar refractivity (Wildman–Crippen MR) is 115 cm³/mol. The van der Waals surface area contributed by atoms with Crippen LogP contribution in [0.2, 0.25) is 0 Å². The van der Waals surface area contributed by atoms with Crippen molar-refractivity contribution in [3.8, 4) is 5.69 Å². The number of rotatable bonds is 3. The fourth-order valence-corrected chi connectivity index (χ4v) is 4.05. The lowest BCUT2D eigenvalue weighted by Crippen LogP contribution is -2.29. The summed E-state index contributed by atoms with van der Waals surface area (Å²) >= 11 is 0. The number of fused-ring (bicyclic) bond motifs is 3. The number of aryl methyl sites for hydroxylation is 1. The third-order valence-electron chi connectivity index (χ3n) is 5.63. The van der Waals surface area contributed by atoms with Crippen molar-refractivity contribution in [1.82, 2.24) is 14.8 Å². The Morgan fingerprint density at radius 2 is 1.56 bits per heavy atom. The molecule has 5 rings (SSSR count). The second-order valence-electron chi connectivity index (χ2n) is 8.06. The molecule has 0 N–H and O–H groups in total. The number of nitrogens with zero attached hydrogens (tertiary/aromatic N) is 4. The maximum Gasteiger partial charge on any atom is 0.267 e. The molecule has 0 unspecified atom stereocenters. The summed E-state index contributed by atoms with van der Waals surface area (Å²) in [5, 5.41) is 4.73. The van der Waals surface area contributed by atoms with Crippen LogP contribution in [0.4, 0.5) is 14.5 Å². The minimum atomic E-state index is -0.760. The lowest BCUT2D eigenvalue weighted by molar-refractivity contribution is 0.0926. The zero-order valence-corrected chi connectivity index (χ0v) is 17.6. The molecule has 3 heterocycles. The highest BCUT2D eigenvalue weighted by Gasteiger charge is 2.40. The van der Waals surface area contributed by atoms with Crippen molar-refractivity contribution in [1.29, 1.82) is 0 Å². The molecular formula is C24H18F2N4O2. The maximum absolute atomic E-state index is 13.8. The summed E-state index contributed by atoms with van der Waals surface area (Å²) in [4.78, 5) is 31.9. The second-order valence-corrected chi connectivity index (χ2v) is 8.06. The highest BCUT2D eigenvalue weighted by molar-refractivity contribution is 6.37. The highest BCUT2D eigenvalue weighted by Crippen LogP contribution is 2.35. The molecule has 2 aromatic heterocycles. The molecular weight excluding hydrogens is 414 g/mol. The summed E-state index contributed by atoms with van der Waals surface area (Å²) in [6, 6.07) is 10.3. The lowest BCUT2D eigenvalue weighted by Gasteiger charge is -2.15. The first-order chi connectivity index (χ1) is 15.3. The number of pyridine rings is 1. The number of aromatic nitrogens is 3. The largest absolute Gasteiger partial charge is 0.268 e. The van der Waals surface area contributed by atoms with Crippen LogP contribution in [-0.4, -0.2) is 26.6 Å². The van der Waals surface area contributed by atoms with Gasteiger partial charge in [-0.3, -0.25) is 9.59 Å². The first kappa shape index (κ1) is 20.0. The molecule has 1 aliphatic rings. The Bertz CT molecular complexity index is 1400. The van der Waals surface area contributed by atoms with Gasteiger partial charge in [0.05, 0.1) is 33.6 Å². The van der Waals surface area contributed by atoms with Crippen LogP contribution in [0.25, 0.3) is 16.7 Å². The Morgan fingerprint density at radius 1 is 0.906 bits per heavy atom. The van der Waals surface area contributed by atoms with E-state index in [1.165, 1.54) is 10.9 Å². The minimum absolute atomic E-state index is 0.131. The predicted octanol–water partition coefficient (Wildman–Crippen LogP) is 4.93. The van der Waals surface area contributed by atoms with Crippen LogP contribution in [0.3, 0.4) is 0 Å². The molecule has 0 radical (unpaired) electrons. The van der Waals surface area contributed by atoms with Crippen LogP contribution in [0, 0.1) is 18.6 Å². The lowest BCUT2D eigenvalue weighted by atomic mass is 10.0. The molecule has 0 atom stereocenters. The van der Waals surface area contributed by atoms with Crippen LogP contribution in [0.1, 0.15) is 51.7 Å². The number of hydrogen-bond donors (Lipinski definition) is 0. The highest BCUT2D eigenvalue weighted by atomic mass is 19.1. The van der Waals surface area contributed by atoms with Crippen molar-refractivity contribution in [3.05, 3.63) is 82.7 Å². The molecule has 2 aromatic carbocycles. The number of amides is 2. The van der Waals surface area contributed by atoms with Gasteiger partial charge in [-0.2, -0.15) is 5.10 Å². The molecule has 0 aliphatic carbocycles. The number of halogens is 2. The van der Waals surface area contributed by atoms with E-state index in [4.69, 9.17) is 0 Å². The molecule has 6 nitrogen and oxygen atoms in total. The number of anilines is 1. The van der Waals surface area contributed by atoms with Gasteiger partial charge in [0.2, 0.25) is 0 Å². The van der Waals surface area contributed by atoms with Gasteiger partial charge in [0.25, 0.3) is 11.8 Å².